The summed E-state index contributed by atoms with van der Waals surface area (Å²) < 4.78 is 5.21. The standard InChI is InChI=1S/C10H9N3OS/c11-3-9-1-2-10(14-9)5-12-4-8-6-15-7-13-8/h1-2,6-7,12H,4-5H2. The average molecular weight is 219 g/mol. The zero-order valence-electron chi connectivity index (χ0n) is 7.93. The molecule has 0 saturated carbocycles. The lowest BCUT2D eigenvalue weighted by Crippen LogP contribution is -2.12. The summed E-state index contributed by atoms with van der Waals surface area (Å²) in [6, 6.07) is 5.41. The Morgan fingerprint density at radius 2 is 2.40 bits per heavy atom. The maximum absolute atomic E-state index is 8.55. The molecule has 2 rings (SSSR count). The molecular formula is C10H9N3OS. The smallest absolute Gasteiger partial charge is 0.203 e. The van der Waals surface area contributed by atoms with E-state index in [1.807, 2.05) is 11.4 Å². The van der Waals surface area contributed by atoms with Gasteiger partial charge in [-0.2, -0.15) is 5.26 Å². The Kier molecular flexibility index (Phi) is 3.12. The molecule has 0 saturated heterocycles. The molecular weight excluding hydrogens is 210 g/mol. The van der Waals surface area contributed by atoms with Gasteiger partial charge in [0.2, 0.25) is 5.76 Å². The molecule has 0 unspecified atom stereocenters. The summed E-state index contributed by atoms with van der Waals surface area (Å²) in [6.45, 7) is 1.32. The highest BCUT2D eigenvalue weighted by molar-refractivity contribution is 7.07. The fraction of sp³-hybridized carbons (Fsp3) is 0.200. The first-order chi connectivity index (χ1) is 7.38. The third kappa shape index (κ3) is 2.65. The van der Waals surface area contributed by atoms with Gasteiger partial charge in [0.1, 0.15) is 11.8 Å². The molecule has 0 radical (unpaired) electrons. The van der Waals surface area contributed by atoms with Crippen molar-refractivity contribution < 1.29 is 4.42 Å². The lowest BCUT2D eigenvalue weighted by Gasteiger charge is -1.98. The summed E-state index contributed by atoms with van der Waals surface area (Å²) in [6.07, 6.45) is 0. The van der Waals surface area contributed by atoms with E-state index in [0.29, 0.717) is 18.8 Å². The van der Waals surface area contributed by atoms with E-state index in [9.17, 15) is 0 Å². The molecule has 2 aromatic heterocycles. The molecule has 5 heteroatoms. The van der Waals surface area contributed by atoms with Crippen LogP contribution in [-0.2, 0) is 13.1 Å². The van der Waals surface area contributed by atoms with Crippen LogP contribution in [0.3, 0.4) is 0 Å². The van der Waals surface area contributed by atoms with E-state index in [2.05, 4.69) is 10.3 Å². The van der Waals surface area contributed by atoms with E-state index in [4.69, 9.17) is 9.68 Å². The lowest BCUT2D eigenvalue weighted by molar-refractivity contribution is 0.473. The number of furan rings is 1. The van der Waals surface area contributed by atoms with Crippen LogP contribution in [0.4, 0.5) is 0 Å². The van der Waals surface area contributed by atoms with Crippen molar-refractivity contribution in [1.82, 2.24) is 10.3 Å². The minimum atomic E-state index is 0.348. The Morgan fingerprint density at radius 3 is 3.07 bits per heavy atom. The second-order valence-corrected chi connectivity index (χ2v) is 3.68. The van der Waals surface area contributed by atoms with Gasteiger partial charge in [0.25, 0.3) is 0 Å². The van der Waals surface area contributed by atoms with E-state index < -0.39 is 0 Å². The van der Waals surface area contributed by atoms with Gasteiger partial charge < -0.3 is 9.73 Å². The fourth-order valence-electron chi connectivity index (χ4n) is 1.17. The number of hydrogen-bond acceptors (Lipinski definition) is 5. The third-order valence-electron chi connectivity index (χ3n) is 1.86. The molecule has 0 spiro atoms. The maximum Gasteiger partial charge on any atom is 0.203 e. The number of thiazole rings is 1. The molecule has 0 bridgehead atoms. The predicted molar refractivity (Wildman–Crippen MR) is 56.1 cm³/mol. The summed E-state index contributed by atoms with van der Waals surface area (Å²) in [4.78, 5) is 4.14. The van der Waals surface area contributed by atoms with Gasteiger partial charge in [0.15, 0.2) is 0 Å². The fourth-order valence-corrected chi connectivity index (χ4v) is 1.73. The van der Waals surface area contributed by atoms with Gasteiger partial charge in [-0.3, -0.25) is 0 Å². The number of nitriles is 1. The molecule has 4 nitrogen and oxygen atoms in total. The van der Waals surface area contributed by atoms with Gasteiger partial charge in [-0.25, -0.2) is 4.98 Å². The first-order valence-corrected chi connectivity index (χ1v) is 5.39. The first-order valence-electron chi connectivity index (χ1n) is 4.45. The summed E-state index contributed by atoms with van der Waals surface area (Å²) in [5.74, 6) is 1.11. The predicted octanol–water partition coefficient (Wildman–Crippen LogP) is 1.90. The minimum absolute atomic E-state index is 0.348. The molecule has 0 amide bonds. The number of nitrogens with one attached hydrogen (secondary N) is 1. The first kappa shape index (κ1) is 9.90. The molecule has 0 aliphatic carbocycles. The largest absolute Gasteiger partial charge is 0.449 e. The van der Waals surface area contributed by atoms with Gasteiger partial charge in [0.05, 0.1) is 17.7 Å². The number of hydrogen-bond donors (Lipinski definition) is 1. The van der Waals surface area contributed by atoms with E-state index >= 15 is 0 Å². The monoisotopic (exact) mass is 219 g/mol. The van der Waals surface area contributed by atoms with Crippen molar-refractivity contribution in [2.45, 2.75) is 13.1 Å². The Balaban J connectivity index is 1.81. The third-order valence-corrected chi connectivity index (χ3v) is 2.50. The van der Waals surface area contributed by atoms with Crippen LogP contribution in [0.5, 0.6) is 0 Å². The molecule has 15 heavy (non-hydrogen) atoms. The second kappa shape index (κ2) is 4.73. The van der Waals surface area contributed by atoms with E-state index in [1.165, 1.54) is 0 Å². The van der Waals surface area contributed by atoms with Crippen LogP contribution in [-0.4, -0.2) is 4.98 Å². The average Bonchev–Trinajstić information content (AvgIpc) is 2.88. The van der Waals surface area contributed by atoms with Crippen LogP contribution >= 0.6 is 11.3 Å². The normalized spacial score (nSPS) is 10.1. The summed E-state index contributed by atoms with van der Waals surface area (Å²) in [7, 11) is 0. The van der Waals surface area contributed by atoms with Crippen LogP contribution in [0.2, 0.25) is 0 Å². The van der Waals surface area contributed by atoms with Crippen LogP contribution in [0.1, 0.15) is 17.2 Å². The van der Waals surface area contributed by atoms with Crippen LogP contribution < -0.4 is 5.32 Å². The van der Waals surface area contributed by atoms with Crippen molar-refractivity contribution in [2.24, 2.45) is 0 Å². The molecule has 2 aromatic rings. The molecule has 76 valence electrons. The zero-order valence-corrected chi connectivity index (χ0v) is 8.75. The Hall–Kier alpha value is -1.64. The van der Waals surface area contributed by atoms with Gasteiger partial charge in [-0.1, -0.05) is 0 Å². The number of aromatic nitrogens is 1. The molecule has 0 aliphatic heterocycles. The van der Waals surface area contributed by atoms with Gasteiger partial charge in [0, 0.05) is 11.9 Å². The molecule has 2 heterocycles. The molecule has 0 aromatic carbocycles. The quantitative estimate of drug-likeness (QED) is 0.853. The summed E-state index contributed by atoms with van der Waals surface area (Å²) in [5, 5.41) is 13.7. The maximum atomic E-state index is 8.55. The highest BCUT2D eigenvalue weighted by atomic mass is 32.1. The Bertz CT molecular complexity index is 455. The van der Waals surface area contributed by atoms with Crippen molar-refractivity contribution in [2.75, 3.05) is 0 Å². The molecule has 0 aliphatic rings. The van der Waals surface area contributed by atoms with Crippen molar-refractivity contribution in [3.05, 3.63) is 40.2 Å². The Morgan fingerprint density at radius 1 is 1.47 bits per heavy atom. The SMILES string of the molecule is N#Cc1ccc(CNCc2cscn2)o1. The van der Waals surface area contributed by atoms with Gasteiger partial charge in [-0.15, -0.1) is 11.3 Å². The molecule has 0 atom stereocenters. The Labute approximate surface area is 91.2 Å². The summed E-state index contributed by atoms with van der Waals surface area (Å²) in [5.41, 5.74) is 2.82. The highest BCUT2D eigenvalue weighted by Crippen LogP contribution is 2.06. The number of rotatable bonds is 4. The molecule has 1 N–H and O–H groups in total. The van der Waals surface area contributed by atoms with Crippen molar-refractivity contribution in [3.8, 4) is 6.07 Å². The van der Waals surface area contributed by atoms with Crippen molar-refractivity contribution >= 4 is 11.3 Å². The highest BCUT2D eigenvalue weighted by Gasteiger charge is 2.00. The zero-order chi connectivity index (χ0) is 10.5. The van der Waals surface area contributed by atoms with E-state index in [1.54, 1.807) is 29.0 Å². The minimum Gasteiger partial charge on any atom is -0.449 e. The van der Waals surface area contributed by atoms with Crippen LogP contribution in [0.15, 0.2) is 27.4 Å². The van der Waals surface area contributed by atoms with E-state index in [-0.39, 0.29) is 0 Å². The second-order valence-electron chi connectivity index (χ2n) is 2.96. The lowest BCUT2D eigenvalue weighted by atomic mass is 10.4. The van der Waals surface area contributed by atoms with Gasteiger partial charge >= 0.3 is 0 Å². The van der Waals surface area contributed by atoms with Crippen LogP contribution in [0, 0.1) is 11.3 Å². The topological polar surface area (TPSA) is 61.9 Å². The summed E-state index contributed by atoms with van der Waals surface area (Å²) >= 11 is 1.58. The van der Waals surface area contributed by atoms with Crippen LogP contribution in [0.25, 0.3) is 0 Å². The van der Waals surface area contributed by atoms with E-state index in [0.717, 1.165) is 11.5 Å². The van der Waals surface area contributed by atoms with Crippen molar-refractivity contribution in [3.63, 3.8) is 0 Å². The molecule has 0 fully saturated rings. The van der Waals surface area contributed by atoms with Crippen molar-refractivity contribution in [1.29, 1.82) is 5.26 Å². The number of nitrogens with zero attached hydrogens (tertiary/aromatic N) is 2. The van der Waals surface area contributed by atoms with Gasteiger partial charge in [-0.05, 0) is 12.1 Å².